The van der Waals surface area contributed by atoms with E-state index in [4.69, 9.17) is 35.3 Å². The van der Waals surface area contributed by atoms with Crippen molar-refractivity contribution in [3.63, 3.8) is 0 Å². The van der Waals surface area contributed by atoms with E-state index in [9.17, 15) is 4.79 Å². The van der Waals surface area contributed by atoms with Gasteiger partial charge in [-0.05, 0) is 48.7 Å². The van der Waals surface area contributed by atoms with E-state index >= 15 is 0 Å². The number of benzene rings is 2. The average molecular weight is 450 g/mol. The van der Waals surface area contributed by atoms with Gasteiger partial charge >= 0.3 is 0 Å². The number of ether oxygens (including phenoxy) is 5. The van der Waals surface area contributed by atoms with Gasteiger partial charge in [-0.15, -0.1) is 0 Å². The Morgan fingerprint density at radius 3 is 2.45 bits per heavy atom. The van der Waals surface area contributed by atoms with Crippen molar-refractivity contribution in [2.24, 2.45) is 0 Å². The van der Waals surface area contributed by atoms with Gasteiger partial charge in [0.05, 0.1) is 27.4 Å². The number of hydrogen-bond donors (Lipinski definition) is 0. The summed E-state index contributed by atoms with van der Waals surface area (Å²) in [6.07, 6.45) is 1.93. The molecule has 0 spiro atoms. The van der Waals surface area contributed by atoms with Crippen molar-refractivity contribution in [2.75, 3.05) is 41.1 Å². The molecule has 1 aliphatic rings. The summed E-state index contributed by atoms with van der Waals surface area (Å²) < 4.78 is 27.7. The molecule has 1 saturated heterocycles. The van der Waals surface area contributed by atoms with E-state index in [0.717, 1.165) is 25.0 Å². The number of rotatable bonds is 10. The third-order valence-electron chi connectivity index (χ3n) is 5.06. The van der Waals surface area contributed by atoms with Crippen LogP contribution in [0.1, 0.15) is 18.4 Å². The van der Waals surface area contributed by atoms with Crippen LogP contribution in [0.3, 0.4) is 0 Å². The van der Waals surface area contributed by atoms with Gasteiger partial charge in [0.25, 0.3) is 5.91 Å². The molecule has 1 unspecified atom stereocenters. The second kappa shape index (κ2) is 11.1. The molecule has 1 heterocycles. The fraction of sp³-hybridized carbons (Fsp3) is 0.435. The zero-order chi connectivity index (χ0) is 22.2. The van der Waals surface area contributed by atoms with Gasteiger partial charge in [0.1, 0.15) is 5.75 Å². The number of nitrogens with zero attached hydrogens (tertiary/aromatic N) is 1. The molecule has 0 radical (unpaired) electrons. The lowest BCUT2D eigenvalue weighted by molar-refractivity contribution is -0.135. The predicted octanol–water partition coefficient (Wildman–Crippen LogP) is 3.95. The monoisotopic (exact) mass is 449 g/mol. The Bertz CT molecular complexity index is 859. The summed E-state index contributed by atoms with van der Waals surface area (Å²) in [5.74, 6) is 1.98. The Morgan fingerprint density at radius 2 is 1.87 bits per heavy atom. The molecule has 3 rings (SSSR count). The summed E-state index contributed by atoms with van der Waals surface area (Å²) in [7, 11) is 4.69. The van der Waals surface area contributed by atoms with Gasteiger partial charge in [0.2, 0.25) is 5.75 Å². The van der Waals surface area contributed by atoms with Gasteiger partial charge in [0.15, 0.2) is 18.1 Å². The number of carbonyl (C=O) groups is 1. The number of methoxy groups -OCH3 is 3. The van der Waals surface area contributed by atoms with Crippen molar-refractivity contribution in [1.82, 2.24) is 4.90 Å². The lowest BCUT2D eigenvalue weighted by atomic mass is 10.1. The van der Waals surface area contributed by atoms with Crippen LogP contribution in [0, 0.1) is 0 Å². The van der Waals surface area contributed by atoms with Gasteiger partial charge in [-0.2, -0.15) is 0 Å². The molecule has 1 atom stereocenters. The molecule has 8 heteroatoms. The molecular weight excluding hydrogens is 422 g/mol. The predicted molar refractivity (Wildman–Crippen MR) is 117 cm³/mol. The van der Waals surface area contributed by atoms with Crippen LogP contribution in [0.25, 0.3) is 0 Å². The van der Waals surface area contributed by atoms with Crippen LogP contribution in [-0.2, 0) is 16.1 Å². The van der Waals surface area contributed by atoms with Crippen molar-refractivity contribution in [3.8, 4) is 23.0 Å². The number of carbonyl (C=O) groups excluding carboxylic acids is 1. The SMILES string of the molecule is COc1cc(CN(CC2CCCO2)C(=O)COc2cccc(Cl)c2)cc(OC)c1OC. The highest BCUT2D eigenvalue weighted by atomic mass is 35.5. The maximum atomic E-state index is 13.1. The first-order chi connectivity index (χ1) is 15.0. The maximum Gasteiger partial charge on any atom is 0.260 e. The van der Waals surface area contributed by atoms with E-state index in [-0.39, 0.29) is 18.6 Å². The second-order valence-electron chi connectivity index (χ2n) is 7.19. The summed E-state index contributed by atoms with van der Waals surface area (Å²) in [5.41, 5.74) is 0.851. The van der Waals surface area contributed by atoms with E-state index < -0.39 is 0 Å². The summed E-state index contributed by atoms with van der Waals surface area (Å²) in [4.78, 5) is 14.8. The minimum absolute atomic E-state index is 0.0113. The molecule has 31 heavy (non-hydrogen) atoms. The largest absolute Gasteiger partial charge is 0.493 e. The summed E-state index contributed by atoms with van der Waals surface area (Å²) in [6, 6.07) is 10.7. The molecule has 7 nitrogen and oxygen atoms in total. The molecule has 0 aliphatic carbocycles. The lowest BCUT2D eigenvalue weighted by Crippen LogP contribution is -2.39. The Kier molecular flexibility index (Phi) is 8.26. The topological polar surface area (TPSA) is 66.5 Å². The van der Waals surface area contributed by atoms with Gasteiger partial charge in [-0.25, -0.2) is 0 Å². The highest BCUT2D eigenvalue weighted by Crippen LogP contribution is 2.38. The highest BCUT2D eigenvalue weighted by Gasteiger charge is 2.24. The van der Waals surface area contributed by atoms with Crippen molar-refractivity contribution in [1.29, 1.82) is 0 Å². The van der Waals surface area contributed by atoms with Crippen LogP contribution >= 0.6 is 11.6 Å². The van der Waals surface area contributed by atoms with E-state index in [0.29, 0.717) is 41.1 Å². The quantitative estimate of drug-likeness (QED) is 0.547. The number of amides is 1. The molecule has 0 bridgehead atoms. The van der Waals surface area contributed by atoms with Crippen LogP contribution in [0.15, 0.2) is 36.4 Å². The molecule has 2 aromatic rings. The molecule has 2 aromatic carbocycles. The second-order valence-corrected chi connectivity index (χ2v) is 7.63. The first-order valence-corrected chi connectivity index (χ1v) is 10.5. The van der Waals surface area contributed by atoms with Gasteiger partial charge in [0, 0.05) is 24.7 Å². The van der Waals surface area contributed by atoms with E-state index in [2.05, 4.69) is 0 Å². The van der Waals surface area contributed by atoms with Crippen LogP contribution in [0.5, 0.6) is 23.0 Å². The molecule has 0 aromatic heterocycles. The molecular formula is C23H28ClNO6. The summed E-state index contributed by atoms with van der Waals surface area (Å²) in [5, 5.41) is 0.554. The van der Waals surface area contributed by atoms with Crippen molar-refractivity contribution in [2.45, 2.75) is 25.5 Å². The first kappa shape index (κ1) is 23.0. The third kappa shape index (κ3) is 6.18. The Morgan fingerprint density at radius 1 is 1.13 bits per heavy atom. The van der Waals surface area contributed by atoms with Crippen LogP contribution in [0.4, 0.5) is 0 Å². The number of halogens is 1. The van der Waals surface area contributed by atoms with Crippen molar-refractivity contribution < 1.29 is 28.5 Å². The maximum absolute atomic E-state index is 13.1. The molecule has 168 valence electrons. The Hall–Kier alpha value is -2.64. The first-order valence-electron chi connectivity index (χ1n) is 10.1. The summed E-state index contributed by atoms with van der Waals surface area (Å²) >= 11 is 6.00. The van der Waals surface area contributed by atoms with Crippen LogP contribution < -0.4 is 18.9 Å². The molecule has 0 N–H and O–H groups in total. The number of hydrogen-bond acceptors (Lipinski definition) is 6. The average Bonchev–Trinajstić information content (AvgIpc) is 3.29. The van der Waals surface area contributed by atoms with Gasteiger partial charge in [-0.1, -0.05) is 17.7 Å². The zero-order valence-electron chi connectivity index (χ0n) is 18.1. The van der Waals surface area contributed by atoms with Crippen molar-refractivity contribution in [3.05, 3.63) is 47.0 Å². The summed E-state index contributed by atoms with van der Waals surface area (Å²) in [6.45, 7) is 1.45. The minimum atomic E-state index is -0.149. The fourth-order valence-electron chi connectivity index (χ4n) is 3.53. The molecule has 1 aliphatic heterocycles. The minimum Gasteiger partial charge on any atom is -0.493 e. The Labute approximate surface area is 187 Å². The van der Waals surface area contributed by atoms with E-state index in [1.54, 1.807) is 50.5 Å². The van der Waals surface area contributed by atoms with Crippen molar-refractivity contribution >= 4 is 17.5 Å². The third-order valence-corrected chi connectivity index (χ3v) is 5.29. The standard InChI is InChI=1S/C23H28ClNO6/c1-27-20-10-16(11-21(28-2)23(20)29-3)13-25(14-19-8-5-9-30-19)22(26)15-31-18-7-4-6-17(24)12-18/h4,6-7,10-12,19H,5,8-9,13-15H2,1-3H3. The zero-order valence-corrected chi connectivity index (χ0v) is 18.8. The lowest BCUT2D eigenvalue weighted by Gasteiger charge is -2.26. The smallest absolute Gasteiger partial charge is 0.260 e. The Balaban J connectivity index is 1.77. The highest BCUT2D eigenvalue weighted by molar-refractivity contribution is 6.30. The van der Waals surface area contributed by atoms with Gasteiger partial charge in [-0.3, -0.25) is 4.79 Å². The molecule has 1 amide bonds. The van der Waals surface area contributed by atoms with Crippen LogP contribution in [0.2, 0.25) is 5.02 Å². The molecule has 1 fully saturated rings. The van der Waals surface area contributed by atoms with E-state index in [1.165, 1.54) is 0 Å². The van der Waals surface area contributed by atoms with E-state index in [1.807, 2.05) is 12.1 Å². The fourth-order valence-corrected chi connectivity index (χ4v) is 3.71. The van der Waals surface area contributed by atoms with Crippen LogP contribution in [-0.4, -0.2) is 58.0 Å². The van der Waals surface area contributed by atoms with Gasteiger partial charge < -0.3 is 28.6 Å². The normalized spacial score (nSPS) is 15.4. The molecule has 0 saturated carbocycles.